The van der Waals surface area contributed by atoms with E-state index in [9.17, 15) is 9.59 Å². The van der Waals surface area contributed by atoms with Crippen LogP contribution in [0.3, 0.4) is 0 Å². The highest BCUT2D eigenvalue weighted by Gasteiger charge is 2.36. The van der Waals surface area contributed by atoms with Crippen LogP contribution in [0.5, 0.6) is 5.75 Å². The summed E-state index contributed by atoms with van der Waals surface area (Å²) in [4.78, 5) is 26.3. The first-order valence-corrected chi connectivity index (χ1v) is 16.1. The van der Waals surface area contributed by atoms with Crippen molar-refractivity contribution in [2.45, 2.75) is 101 Å². The lowest BCUT2D eigenvalue weighted by atomic mass is 9.70. The van der Waals surface area contributed by atoms with Crippen LogP contribution >= 0.6 is 22.6 Å². The second-order valence-corrected chi connectivity index (χ2v) is 16.9. The van der Waals surface area contributed by atoms with Crippen LogP contribution in [0.4, 0.5) is 0 Å². The zero-order valence-electron chi connectivity index (χ0n) is 28.4. The summed E-state index contributed by atoms with van der Waals surface area (Å²) in [5, 5.41) is 0. The molecule has 0 saturated heterocycles. The lowest BCUT2D eigenvalue weighted by Gasteiger charge is -2.33. The maximum Gasteiger partial charge on any atom is 0.308 e. The molecule has 2 aromatic rings. The molecule has 3 rings (SSSR count). The standard InChI is InChI=1S/C39H49IO3/c1-15-24-16-17-25(22-32(24)40)33(26-18-28(36(3,4)5)34(42)29(19-26)37(6,7)8)27-20-30(38(9,10)11)35(43-23(2)41)31(21-27)39(12,13)14/h15-22H,1H2,2-14H3. The van der Waals surface area contributed by atoms with Gasteiger partial charge in [0.2, 0.25) is 0 Å². The predicted octanol–water partition coefficient (Wildman–Crippen LogP) is 10.8. The van der Waals surface area contributed by atoms with E-state index in [4.69, 9.17) is 4.74 Å². The van der Waals surface area contributed by atoms with Gasteiger partial charge in [0.25, 0.3) is 0 Å². The number of benzene rings is 2. The lowest BCUT2D eigenvalue weighted by Crippen LogP contribution is -2.28. The molecule has 4 heteroatoms. The van der Waals surface area contributed by atoms with Gasteiger partial charge in [-0.25, -0.2) is 0 Å². The fourth-order valence-electron chi connectivity index (χ4n) is 5.38. The summed E-state index contributed by atoms with van der Waals surface area (Å²) in [6, 6.07) is 10.8. The molecule has 3 nitrogen and oxygen atoms in total. The van der Waals surface area contributed by atoms with Gasteiger partial charge >= 0.3 is 5.97 Å². The van der Waals surface area contributed by atoms with E-state index in [1.807, 2.05) is 6.08 Å². The summed E-state index contributed by atoms with van der Waals surface area (Å²) in [7, 11) is 0. The van der Waals surface area contributed by atoms with Crippen molar-refractivity contribution in [3.05, 3.63) is 97.2 Å². The lowest BCUT2D eigenvalue weighted by molar-refractivity contribution is -0.132. The van der Waals surface area contributed by atoms with Crippen molar-refractivity contribution in [1.82, 2.24) is 0 Å². The van der Waals surface area contributed by atoms with Crippen molar-refractivity contribution in [3.63, 3.8) is 0 Å². The van der Waals surface area contributed by atoms with Crippen molar-refractivity contribution in [1.29, 1.82) is 0 Å². The molecule has 1 aliphatic carbocycles. The molecule has 0 spiro atoms. The van der Waals surface area contributed by atoms with Crippen molar-refractivity contribution in [2.24, 2.45) is 10.8 Å². The van der Waals surface area contributed by atoms with Gasteiger partial charge in [-0.3, -0.25) is 9.59 Å². The number of carbonyl (C=O) groups is 2. The number of allylic oxidation sites excluding steroid dienone is 5. The Morgan fingerprint density at radius 3 is 1.56 bits per heavy atom. The maximum atomic E-state index is 13.9. The Bertz CT molecular complexity index is 1490. The van der Waals surface area contributed by atoms with Crippen LogP contribution in [0.1, 0.15) is 118 Å². The van der Waals surface area contributed by atoms with Crippen molar-refractivity contribution in [3.8, 4) is 5.75 Å². The Hall–Kier alpha value is -2.73. The molecule has 0 bridgehead atoms. The number of rotatable bonds is 4. The summed E-state index contributed by atoms with van der Waals surface area (Å²) in [5.41, 5.74) is 7.41. The highest BCUT2D eigenvalue weighted by molar-refractivity contribution is 14.1. The summed E-state index contributed by atoms with van der Waals surface area (Å²) in [6.07, 6.45) is 6.06. The number of hydrogen-bond donors (Lipinski definition) is 0. The largest absolute Gasteiger partial charge is 0.426 e. The van der Waals surface area contributed by atoms with Gasteiger partial charge < -0.3 is 4.74 Å². The predicted molar refractivity (Wildman–Crippen MR) is 191 cm³/mol. The average molecular weight is 693 g/mol. The Kier molecular flexibility index (Phi) is 9.69. The van der Waals surface area contributed by atoms with Gasteiger partial charge in [0.05, 0.1) is 0 Å². The highest BCUT2D eigenvalue weighted by Crippen LogP contribution is 2.46. The third-order valence-corrected chi connectivity index (χ3v) is 8.68. The number of carbonyl (C=O) groups excluding carboxylic acids is 2. The molecule has 0 amide bonds. The van der Waals surface area contributed by atoms with Gasteiger partial charge in [-0.2, -0.15) is 0 Å². The second-order valence-electron chi connectivity index (χ2n) is 15.7. The first kappa shape index (κ1) is 34.8. The molecule has 0 aromatic heterocycles. The van der Waals surface area contributed by atoms with E-state index in [0.717, 1.165) is 53.7 Å². The summed E-state index contributed by atoms with van der Waals surface area (Å²) >= 11 is 2.37. The number of hydrogen-bond acceptors (Lipinski definition) is 3. The Balaban J connectivity index is 2.66. The maximum absolute atomic E-state index is 13.9. The number of esters is 1. The Morgan fingerprint density at radius 2 is 1.21 bits per heavy atom. The summed E-state index contributed by atoms with van der Waals surface area (Å²) in [5.74, 6) is 0.404. The summed E-state index contributed by atoms with van der Waals surface area (Å²) < 4.78 is 7.06. The van der Waals surface area contributed by atoms with Gasteiger partial charge in [-0.15, -0.1) is 0 Å². The van der Waals surface area contributed by atoms with E-state index < -0.39 is 0 Å². The van der Waals surface area contributed by atoms with Gasteiger partial charge in [0.1, 0.15) is 5.75 Å². The topological polar surface area (TPSA) is 43.4 Å². The van der Waals surface area contributed by atoms with Crippen LogP contribution in [0.2, 0.25) is 0 Å². The molecule has 230 valence electrons. The fraction of sp³-hybridized carbons (Fsp3) is 0.436. The second kappa shape index (κ2) is 12.0. The minimum atomic E-state index is -0.342. The average Bonchev–Trinajstić information content (AvgIpc) is 2.82. The third kappa shape index (κ3) is 7.68. The Labute approximate surface area is 273 Å². The molecule has 0 radical (unpaired) electrons. The molecule has 1 aliphatic rings. The molecular weight excluding hydrogens is 643 g/mol. The molecule has 0 atom stereocenters. The zero-order chi connectivity index (χ0) is 32.9. The molecule has 2 aromatic carbocycles. The minimum Gasteiger partial charge on any atom is -0.426 e. The molecule has 0 fully saturated rings. The quantitative estimate of drug-likeness (QED) is 0.182. The third-order valence-electron chi connectivity index (χ3n) is 7.74. The van der Waals surface area contributed by atoms with Crippen LogP contribution < -0.4 is 4.74 Å². The molecule has 0 N–H and O–H groups in total. The molecule has 0 aliphatic heterocycles. The number of Topliss-reactive ketones (excluding diaryl/α,β-unsaturated/α-hetero) is 1. The molecule has 0 heterocycles. The zero-order valence-corrected chi connectivity index (χ0v) is 30.6. The highest BCUT2D eigenvalue weighted by atomic mass is 127. The number of ether oxygens (including phenoxy) is 1. The van der Waals surface area contributed by atoms with E-state index in [-0.39, 0.29) is 33.4 Å². The van der Waals surface area contributed by atoms with Gasteiger partial charge in [-0.05, 0) is 102 Å². The normalized spacial score (nSPS) is 14.7. The van der Waals surface area contributed by atoms with Crippen LogP contribution in [0, 0.1) is 14.4 Å². The molecule has 43 heavy (non-hydrogen) atoms. The van der Waals surface area contributed by atoms with Gasteiger partial charge in [0, 0.05) is 32.8 Å². The van der Waals surface area contributed by atoms with E-state index in [1.54, 1.807) is 0 Å². The fourth-order valence-corrected chi connectivity index (χ4v) is 6.11. The molecule has 0 saturated carbocycles. The molecule has 0 unspecified atom stereocenters. The van der Waals surface area contributed by atoms with Crippen LogP contribution in [0.25, 0.3) is 11.6 Å². The summed E-state index contributed by atoms with van der Waals surface area (Å²) in [6.45, 7) is 30.9. The van der Waals surface area contributed by atoms with Crippen molar-refractivity contribution in [2.75, 3.05) is 0 Å². The van der Waals surface area contributed by atoms with Crippen molar-refractivity contribution >= 4 is 46.0 Å². The van der Waals surface area contributed by atoms with E-state index in [1.165, 1.54) is 6.92 Å². The van der Waals surface area contributed by atoms with Crippen LogP contribution in [-0.2, 0) is 20.4 Å². The van der Waals surface area contributed by atoms with E-state index in [2.05, 4.69) is 155 Å². The van der Waals surface area contributed by atoms with Crippen LogP contribution in [-0.4, -0.2) is 11.8 Å². The Morgan fingerprint density at radius 1 is 0.744 bits per heavy atom. The SMILES string of the molecule is C=Cc1ccc(C(=C2C=C(C(C)(C)C)C(=O)C(C(C)(C)C)=C2)c2cc(C(C)(C)C)c(OC(C)=O)c(C(C)(C)C)c2)cc1I. The van der Waals surface area contributed by atoms with Crippen LogP contribution in [0.15, 0.2) is 65.8 Å². The first-order chi connectivity index (χ1) is 19.5. The number of halogens is 1. The first-order valence-electron chi connectivity index (χ1n) is 15.0. The van der Waals surface area contributed by atoms with Crippen molar-refractivity contribution < 1.29 is 14.3 Å². The minimum absolute atomic E-state index is 0.107. The monoisotopic (exact) mass is 692 g/mol. The van der Waals surface area contributed by atoms with Gasteiger partial charge in [-0.1, -0.05) is 108 Å². The van der Waals surface area contributed by atoms with E-state index in [0.29, 0.717) is 5.75 Å². The number of ketones is 1. The smallest absolute Gasteiger partial charge is 0.308 e. The molecular formula is C39H49IO3. The van der Waals surface area contributed by atoms with E-state index >= 15 is 0 Å². The van der Waals surface area contributed by atoms with Gasteiger partial charge in [0.15, 0.2) is 5.78 Å².